The van der Waals surface area contributed by atoms with E-state index < -0.39 is 5.69 Å². The Morgan fingerprint density at radius 2 is 1.66 bits per heavy atom. The first-order valence-electron chi connectivity index (χ1n) is 10.4. The van der Waals surface area contributed by atoms with Crippen LogP contribution in [0.5, 0.6) is 0 Å². The van der Waals surface area contributed by atoms with Gasteiger partial charge < -0.3 is 5.32 Å². The lowest BCUT2D eigenvalue weighted by molar-refractivity contribution is 0.605. The summed E-state index contributed by atoms with van der Waals surface area (Å²) in [5.74, 6) is 0.248. The molecule has 0 aliphatic heterocycles. The van der Waals surface area contributed by atoms with Crippen LogP contribution in [0.4, 0.5) is 11.4 Å². The molecular formula is C24H21BrN4O3. The van der Waals surface area contributed by atoms with Crippen molar-refractivity contribution in [1.82, 2.24) is 13.7 Å². The van der Waals surface area contributed by atoms with E-state index in [0.29, 0.717) is 16.8 Å². The van der Waals surface area contributed by atoms with Crippen LogP contribution in [0, 0.1) is 5.92 Å². The minimum Gasteiger partial charge on any atom is -0.355 e. The molecule has 2 atom stereocenters. The molecule has 2 heterocycles. The number of hydrogen-bond donors (Lipinski definition) is 1. The Morgan fingerprint density at radius 1 is 1.00 bits per heavy atom. The summed E-state index contributed by atoms with van der Waals surface area (Å²) >= 11 is 3.41. The molecule has 1 saturated carbocycles. The summed E-state index contributed by atoms with van der Waals surface area (Å²) in [7, 11) is 1.58. The lowest BCUT2D eigenvalue weighted by Gasteiger charge is -2.19. The number of para-hydroxylation sites is 1. The molecule has 1 aliphatic rings. The normalized spacial score (nSPS) is 17.5. The highest BCUT2D eigenvalue weighted by Crippen LogP contribution is 2.41. The highest BCUT2D eigenvalue weighted by molar-refractivity contribution is 9.10. The van der Waals surface area contributed by atoms with Gasteiger partial charge in [-0.05, 0) is 48.7 Å². The van der Waals surface area contributed by atoms with Gasteiger partial charge in [0.15, 0.2) is 0 Å². The zero-order chi connectivity index (χ0) is 22.6. The standard InChI is InChI=1S/C24H21BrN4O3/c1-14-12-19(14)29-23(31)21-18(26-16-10-8-15(25)9-11-16)13-20(30)27(2)22(21)28(24(29)32)17-6-4-3-5-7-17/h3-11,13-14,19,26H,12H2,1-2H3. The number of fused-ring (bicyclic) bond motifs is 1. The summed E-state index contributed by atoms with van der Waals surface area (Å²) in [6.07, 6.45) is 0.774. The number of anilines is 2. The molecule has 1 aliphatic carbocycles. The van der Waals surface area contributed by atoms with Crippen LogP contribution in [0.2, 0.25) is 0 Å². The number of nitrogens with zero attached hydrogens (tertiary/aromatic N) is 3. The van der Waals surface area contributed by atoms with Crippen LogP contribution < -0.4 is 22.1 Å². The Morgan fingerprint density at radius 3 is 2.28 bits per heavy atom. The summed E-state index contributed by atoms with van der Waals surface area (Å²) in [5.41, 5.74) is 0.829. The Kier molecular flexibility index (Phi) is 4.89. The average Bonchev–Trinajstić information content (AvgIpc) is 3.49. The number of nitrogens with one attached hydrogen (secondary N) is 1. The van der Waals surface area contributed by atoms with Gasteiger partial charge in [0, 0.05) is 29.3 Å². The third kappa shape index (κ3) is 3.31. The smallest absolute Gasteiger partial charge is 0.337 e. The fraction of sp³-hybridized carbons (Fsp3) is 0.208. The number of benzene rings is 2. The maximum absolute atomic E-state index is 13.7. The van der Waals surface area contributed by atoms with Crippen LogP contribution in [-0.4, -0.2) is 13.7 Å². The van der Waals surface area contributed by atoms with Crippen LogP contribution >= 0.6 is 15.9 Å². The van der Waals surface area contributed by atoms with E-state index in [4.69, 9.17) is 0 Å². The molecule has 5 rings (SSSR count). The van der Waals surface area contributed by atoms with Crippen molar-refractivity contribution in [2.75, 3.05) is 5.32 Å². The van der Waals surface area contributed by atoms with Crippen LogP contribution in [0.1, 0.15) is 19.4 Å². The molecule has 0 bridgehead atoms. The van der Waals surface area contributed by atoms with E-state index in [1.165, 1.54) is 19.8 Å². The van der Waals surface area contributed by atoms with E-state index in [2.05, 4.69) is 21.2 Å². The van der Waals surface area contributed by atoms with Crippen molar-refractivity contribution in [3.8, 4) is 5.69 Å². The second-order valence-corrected chi connectivity index (χ2v) is 9.11. The summed E-state index contributed by atoms with van der Waals surface area (Å²) in [6, 6.07) is 17.8. The molecule has 1 fully saturated rings. The summed E-state index contributed by atoms with van der Waals surface area (Å²) in [5, 5.41) is 3.52. The molecule has 2 aromatic carbocycles. The predicted octanol–water partition coefficient (Wildman–Crippen LogP) is 3.94. The van der Waals surface area contributed by atoms with Crippen LogP contribution in [-0.2, 0) is 7.05 Å². The molecule has 2 unspecified atom stereocenters. The molecule has 0 saturated heterocycles. The molecule has 7 nitrogen and oxygen atoms in total. The predicted molar refractivity (Wildman–Crippen MR) is 129 cm³/mol. The Labute approximate surface area is 191 Å². The van der Waals surface area contributed by atoms with Gasteiger partial charge in [-0.3, -0.25) is 18.7 Å². The number of pyridine rings is 1. The van der Waals surface area contributed by atoms with Crippen molar-refractivity contribution in [3.05, 3.63) is 96.3 Å². The monoisotopic (exact) mass is 492 g/mol. The fourth-order valence-electron chi connectivity index (χ4n) is 4.12. The number of halogens is 1. The zero-order valence-corrected chi connectivity index (χ0v) is 19.2. The van der Waals surface area contributed by atoms with Crippen molar-refractivity contribution in [3.63, 3.8) is 0 Å². The van der Waals surface area contributed by atoms with Crippen molar-refractivity contribution < 1.29 is 0 Å². The van der Waals surface area contributed by atoms with Gasteiger partial charge in [-0.25, -0.2) is 9.36 Å². The first kappa shape index (κ1) is 20.5. The molecule has 0 spiro atoms. The van der Waals surface area contributed by atoms with Crippen LogP contribution in [0.25, 0.3) is 16.7 Å². The quantitative estimate of drug-likeness (QED) is 0.467. The van der Waals surface area contributed by atoms with Crippen LogP contribution in [0.15, 0.2) is 79.5 Å². The average molecular weight is 493 g/mol. The van der Waals surface area contributed by atoms with Crippen molar-refractivity contribution >= 4 is 38.3 Å². The third-order valence-electron chi connectivity index (χ3n) is 5.99. The first-order valence-corrected chi connectivity index (χ1v) is 11.2. The summed E-state index contributed by atoms with van der Waals surface area (Å²) in [4.78, 5) is 40.1. The van der Waals surface area contributed by atoms with E-state index in [9.17, 15) is 14.4 Å². The minimum atomic E-state index is -0.432. The highest BCUT2D eigenvalue weighted by Gasteiger charge is 2.38. The second kappa shape index (κ2) is 7.63. The van der Waals surface area contributed by atoms with Gasteiger partial charge in [0.25, 0.3) is 11.1 Å². The fourth-order valence-corrected chi connectivity index (χ4v) is 4.38. The van der Waals surface area contributed by atoms with Gasteiger partial charge in [0.05, 0.1) is 11.4 Å². The van der Waals surface area contributed by atoms with E-state index in [0.717, 1.165) is 16.6 Å². The minimum absolute atomic E-state index is 0.146. The summed E-state index contributed by atoms with van der Waals surface area (Å²) < 4.78 is 5.09. The molecule has 0 radical (unpaired) electrons. The Hall–Kier alpha value is -3.39. The lowest BCUT2D eigenvalue weighted by atomic mass is 10.2. The van der Waals surface area contributed by atoms with Crippen molar-refractivity contribution in [2.24, 2.45) is 13.0 Å². The van der Waals surface area contributed by atoms with E-state index >= 15 is 0 Å². The van der Waals surface area contributed by atoms with Crippen molar-refractivity contribution in [1.29, 1.82) is 0 Å². The first-order chi connectivity index (χ1) is 15.4. The molecule has 2 aromatic heterocycles. The topological polar surface area (TPSA) is 78.0 Å². The maximum Gasteiger partial charge on any atom is 0.337 e. The highest BCUT2D eigenvalue weighted by atomic mass is 79.9. The molecule has 8 heteroatoms. The maximum atomic E-state index is 13.7. The van der Waals surface area contributed by atoms with E-state index in [-0.39, 0.29) is 28.7 Å². The number of hydrogen-bond acceptors (Lipinski definition) is 4. The molecular weight excluding hydrogens is 472 g/mol. The number of aryl methyl sites for hydroxylation is 1. The third-order valence-corrected chi connectivity index (χ3v) is 6.52. The van der Waals surface area contributed by atoms with Crippen LogP contribution in [0.3, 0.4) is 0 Å². The largest absolute Gasteiger partial charge is 0.355 e. The lowest BCUT2D eigenvalue weighted by Crippen LogP contribution is -2.41. The van der Waals surface area contributed by atoms with Gasteiger partial charge in [0.1, 0.15) is 11.0 Å². The van der Waals surface area contributed by atoms with Gasteiger partial charge in [0.2, 0.25) is 0 Å². The second-order valence-electron chi connectivity index (χ2n) is 8.19. The van der Waals surface area contributed by atoms with E-state index in [1.54, 1.807) is 19.2 Å². The molecule has 32 heavy (non-hydrogen) atoms. The SMILES string of the molecule is CC1CC1n1c(=O)c2c(Nc3ccc(Br)cc3)cc(=O)n(C)c2n(-c2ccccc2)c1=O. The molecule has 162 valence electrons. The van der Waals surface area contributed by atoms with Gasteiger partial charge in [-0.1, -0.05) is 41.1 Å². The molecule has 0 amide bonds. The van der Waals surface area contributed by atoms with Crippen molar-refractivity contribution in [2.45, 2.75) is 19.4 Å². The summed E-state index contributed by atoms with van der Waals surface area (Å²) in [6.45, 7) is 2.02. The van der Waals surface area contributed by atoms with Gasteiger partial charge in [-0.2, -0.15) is 0 Å². The number of rotatable bonds is 4. The van der Waals surface area contributed by atoms with Gasteiger partial charge >= 0.3 is 5.69 Å². The zero-order valence-electron chi connectivity index (χ0n) is 17.6. The van der Waals surface area contributed by atoms with Gasteiger partial charge in [-0.15, -0.1) is 0 Å². The molecule has 1 N–H and O–H groups in total. The number of aromatic nitrogens is 3. The molecule has 4 aromatic rings. The van der Waals surface area contributed by atoms with E-state index in [1.807, 2.05) is 49.4 Å². The Bertz CT molecular complexity index is 1520. The Balaban J connectivity index is 1.90.